The standard InChI is InChI=1S/C21H30OSSi/c1-14(2)12-16-8-6-10-19(17(16)13-15(3)4)24-20-11-7-9-18(22)21(20)23-5/h6-11,14-15,22H,12-13,24H2,1-5H3. The number of hydrogen-bond donors (Lipinski definition) is 1. The number of hydrogen-bond acceptors (Lipinski definition) is 2. The van der Waals surface area contributed by atoms with E-state index in [0.29, 0.717) is 17.6 Å². The molecule has 2 rings (SSSR count). The normalized spacial score (nSPS) is 12.0. The van der Waals surface area contributed by atoms with Gasteiger partial charge in [0.25, 0.3) is 0 Å². The Morgan fingerprint density at radius 3 is 2.17 bits per heavy atom. The van der Waals surface area contributed by atoms with Gasteiger partial charge >= 0.3 is 0 Å². The minimum absolute atomic E-state index is 0.427. The summed E-state index contributed by atoms with van der Waals surface area (Å²) in [4.78, 5) is 1.06. The van der Waals surface area contributed by atoms with Crippen molar-refractivity contribution < 1.29 is 5.11 Å². The molecule has 0 unspecified atom stereocenters. The number of rotatable bonds is 7. The highest BCUT2D eigenvalue weighted by molar-refractivity contribution is 7.99. The zero-order valence-electron chi connectivity index (χ0n) is 15.6. The molecule has 0 aliphatic heterocycles. The Labute approximate surface area is 153 Å². The second kappa shape index (κ2) is 8.77. The highest BCUT2D eigenvalue weighted by Gasteiger charge is 2.14. The lowest BCUT2D eigenvalue weighted by atomic mass is 9.93. The smallest absolute Gasteiger partial charge is 0.128 e. The Hall–Kier alpha value is -1.19. The van der Waals surface area contributed by atoms with Crippen LogP contribution in [0.3, 0.4) is 0 Å². The van der Waals surface area contributed by atoms with Crippen molar-refractivity contribution in [1.29, 1.82) is 0 Å². The van der Waals surface area contributed by atoms with Crippen molar-refractivity contribution in [2.75, 3.05) is 6.26 Å². The zero-order valence-corrected chi connectivity index (χ0v) is 17.8. The molecule has 0 bridgehead atoms. The first-order valence-corrected chi connectivity index (χ1v) is 11.5. The van der Waals surface area contributed by atoms with Gasteiger partial charge in [0.05, 0.1) is 9.52 Å². The maximum Gasteiger partial charge on any atom is 0.128 e. The number of thioether (sulfide) groups is 1. The van der Waals surface area contributed by atoms with Crippen LogP contribution in [0.1, 0.15) is 38.8 Å². The fourth-order valence-electron chi connectivity index (χ4n) is 3.31. The zero-order chi connectivity index (χ0) is 17.7. The minimum Gasteiger partial charge on any atom is -0.507 e. The summed E-state index contributed by atoms with van der Waals surface area (Å²) in [5.74, 6) is 1.77. The first-order valence-electron chi connectivity index (χ1n) is 8.86. The van der Waals surface area contributed by atoms with Gasteiger partial charge in [-0.3, -0.25) is 0 Å². The first kappa shape index (κ1) is 19.1. The van der Waals surface area contributed by atoms with Crippen LogP contribution in [0.4, 0.5) is 0 Å². The predicted octanol–water partition coefficient (Wildman–Crippen LogP) is 3.63. The Morgan fingerprint density at radius 1 is 0.917 bits per heavy atom. The van der Waals surface area contributed by atoms with E-state index in [1.807, 2.05) is 6.07 Å². The summed E-state index contributed by atoms with van der Waals surface area (Å²) in [6.45, 7) is 9.20. The van der Waals surface area contributed by atoms with E-state index >= 15 is 0 Å². The Bertz CT molecular complexity index is 680. The molecule has 0 heterocycles. The highest BCUT2D eigenvalue weighted by atomic mass is 32.2. The van der Waals surface area contributed by atoms with E-state index in [2.05, 4.69) is 58.2 Å². The van der Waals surface area contributed by atoms with Gasteiger partial charge in [-0.25, -0.2) is 0 Å². The molecular weight excluding hydrogens is 328 g/mol. The third-order valence-electron chi connectivity index (χ3n) is 4.27. The molecule has 0 amide bonds. The van der Waals surface area contributed by atoms with Crippen molar-refractivity contribution in [2.24, 2.45) is 11.8 Å². The molecule has 0 saturated carbocycles. The maximum absolute atomic E-state index is 10.2. The SMILES string of the molecule is CSc1c(O)cccc1[SiH2]c1cccc(CC(C)C)c1CC(C)C. The third kappa shape index (κ3) is 4.90. The molecule has 0 fully saturated rings. The number of benzene rings is 2. The topological polar surface area (TPSA) is 20.2 Å². The van der Waals surface area contributed by atoms with Gasteiger partial charge in [-0.1, -0.05) is 63.2 Å². The molecule has 0 aliphatic carbocycles. The van der Waals surface area contributed by atoms with Gasteiger partial charge in [-0.2, -0.15) is 0 Å². The summed E-state index contributed by atoms with van der Waals surface area (Å²) in [6, 6.07) is 12.8. The lowest BCUT2D eigenvalue weighted by Gasteiger charge is -2.19. The molecule has 2 aromatic carbocycles. The molecule has 130 valence electrons. The Morgan fingerprint density at radius 2 is 1.54 bits per heavy atom. The van der Waals surface area contributed by atoms with Crippen molar-refractivity contribution in [3.63, 3.8) is 0 Å². The predicted molar refractivity (Wildman–Crippen MR) is 111 cm³/mol. The summed E-state index contributed by atoms with van der Waals surface area (Å²) < 4.78 is 0. The van der Waals surface area contributed by atoms with Gasteiger partial charge in [0.15, 0.2) is 0 Å². The van der Waals surface area contributed by atoms with Crippen LogP contribution in [0.15, 0.2) is 41.3 Å². The van der Waals surface area contributed by atoms with Crippen LogP contribution in [-0.2, 0) is 12.8 Å². The molecule has 0 saturated heterocycles. The van der Waals surface area contributed by atoms with E-state index in [1.54, 1.807) is 28.6 Å². The molecular formula is C21H30OSSi. The number of phenolic OH excluding ortho intramolecular Hbond substituents is 1. The van der Waals surface area contributed by atoms with Crippen LogP contribution in [0, 0.1) is 11.8 Å². The van der Waals surface area contributed by atoms with Crippen molar-refractivity contribution in [3.05, 3.63) is 47.5 Å². The summed E-state index contributed by atoms with van der Waals surface area (Å²) in [5, 5.41) is 13.1. The van der Waals surface area contributed by atoms with Crippen molar-refractivity contribution in [2.45, 2.75) is 45.4 Å². The van der Waals surface area contributed by atoms with E-state index in [9.17, 15) is 5.11 Å². The van der Waals surface area contributed by atoms with E-state index in [0.717, 1.165) is 17.7 Å². The second-order valence-electron chi connectivity index (χ2n) is 7.40. The summed E-state index contributed by atoms with van der Waals surface area (Å²) >= 11 is 1.66. The molecule has 0 aliphatic rings. The summed E-state index contributed by atoms with van der Waals surface area (Å²) in [7, 11) is -0.603. The number of phenols is 1. The molecule has 0 aromatic heterocycles. The van der Waals surface area contributed by atoms with Crippen LogP contribution in [0.5, 0.6) is 5.75 Å². The largest absolute Gasteiger partial charge is 0.507 e. The fourth-order valence-corrected chi connectivity index (χ4v) is 6.41. The molecule has 0 atom stereocenters. The lowest BCUT2D eigenvalue weighted by molar-refractivity contribution is 0.463. The molecule has 0 spiro atoms. The van der Waals surface area contributed by atoms with Gasteiger partial charge in [0.1, 0.15) is 5.75 Å². The van der Waals surface area contributed by atoms with Crippen LogP contribution in [-0.4, -0.2) is 20.9 Å². The van der Waals surface area contributed by atoms with Gasteiger partial charge < -0.3 is 5.11 Å². The van der Waals surface area contributed by atoms with E-state index in [4.69, 9.17) is 0 Å². The van der Waals surface area contributed by atoms with Gasteiger partial charge in [-0.05, 0) is 53.3 Å². The second-order valence-corrected chi connectivity index (χ2v) is 10.1. The van der Waals surface area contributed by atoms with E-state index in [1.165, 1.54) is 10.8 Å². The van der Waals surface area contributed by atoms with Crippen molar-refractivity contribution >= 4 is 31.7 Å². The van der Waals surface area contributed by atoms with Crippen LogP contribution in [0.2, 0.25) is 0 Å². The average Bonchev–Trinajstić information content (AvgIpc) is 2.50. The molecule has 24 heavy (non-hydrogen) atoms. The molecule has 1 N–H and O–H groups in total. The highest BCUT2D eigenvalue weighted by Crippen LogP contribution is 2.24. The third-order valence-corrected chi connectivity index (χ3v) is 7.42. The minimum atomic E-state index is -0.603. The van der Waals surface area contributed by atoms with E-state index < -0.39 is 9.52 Å². The van der Waals surface area contributed by atoms with Crippen LogP contribution < -0.4 is 10.4 Å². The van der Waals surface area contributed by atoms with Crippen molar-refractivity contribution in [3.8, 4) is 5.75 Å². The molecule has 3 heteroatoms. The molecule has 1 nitrogen and oxygen atoms in total. The van der Waals surface area contributed by atoms with Crippen LogP contribution in [0.25, 0.3) is 0 Å². The van der Waals surface area contributed by atoms with E-state index in [-0.39, 0.29) is 0 Å². The maximum atomic E-state index is 10.2. The number of aromatic hydroxyl groups is 1. The van der Waals surface area contributed by atoms with Gasteiger partial charge in [0, 0.05) is 4.90 Å². The molecule has 0 radical (unpaired) electrons. The average molecular weight is 359 g/mol. The van der Waals surface area contributed by atoms with Gasteiger partial charge in [0.2, 0.25) is 0 Å². The fraction of sp³-hybridized carbons (Fsp3) is 0.429. The lowest BCUT2D eigenvalue weighted by Crippen LogP contribution is -2.32. The molecule has 2 aromatic rings. The monoisotopic (exact) mass is 358 g/mol. The Kier molecular flexibility index (Phi) is 6.99. The Balaban J connectivity index is 2.44. The van der Waals surface area contributed by atoms with Crippen molar-refractivity contribution in [1.82, 2.24) is 0 Å². The summed E-state index contributed by atoms with van der Waals surface area (Å²) in [6.07, 6.45) is 4.36. The summed E-state index contributed by atoms with van der Waals surface area (Å²) in [5.41, 5.74) is 3.10. The first-order chi connectivity index (χ1) is 11.4. The van der Waals surface area contributed by atoms with Gasteiger partial charge in [-0.15, -0.1) is 11.8 Å². The quantitative estimate of drug-likeness (QED) is 0.602. The van der Waals surface area contributed by atoms with Crippen LogP contribution >= 0.6 is 11.8 Å².